The van der Waals surface area contributed by atoms with Gasteiger partial charge in [0.1, 0.15) is 0 Å². The highest BCUT2D eigenvalue weighted by Crippen LogP contribution is 2.25. The Morgan fingerprint density at radius 1 is 1.38 bits per heavy atom. The predicted octanol–water partition coefficient (Wildman–Crippen LogP) is 2.93. The van der Waals surface area contributed by atoms with Crippen molar-refractivity contribution in [1.82, 2.24) is 4.98 Å². The van der Waals surface area contributed by atoms with Gasteiger partial charge in [-0.05, 0) is 18.2 Å². The minimum absolute atomic E-state index is 0.683. The zero-order valence-corrected chi connectivity index (χ0v) is 7.97. The lowest BCUT2D eigenvalue weighted by atomic mass is 10.2. The molecule has 3 heteroatoms. The molecule has 0 atom stereocenters. The normalized spacial score (nSPS) is 10.3. The van der Waals surface area contributed by atoms with E-state index < -0.39 is 0 Å². The molecule has 1 aromatic heterocycles. The number of nitrogens with one attached hydrogen (secondary N) is 1. The number of hydrogen-bond donors (Lipinski definition) is 1. The second-order valence-corrected chi connectivity index (χ2v) is 3.19. The van der Waals surface area contributed by atoms with Crippen LogP contribution in [0.15, 0.2) is 30.5 Å². The molecular weight excluding hydrogens is 184 g/mol. The standard InChI is InChI=1S/C10H9ClN2/c1-12-8-5-7-3-2-4-13-10(7)9(11)6-8/h2-6,12H,1H3. The third-order valence-electron chi connectivity index (χ3n) is 1.95. The molecule has 0 saturated heterocycles. The lowest BCUT2D eigenvalue weighted by Crippen LogP contribution is -1.88. The Morgan fingerprint density at radius 2 is 2.23 bits per heavy atom. The van der Waals surface area contributed by atoms with Gasteiger partial charge in [-0.3, -0.25) is 4.98 Å². The molecule has 2 aromatic rings. The van der Waals surface area contributed by atoms with Crippen molar-refractivity contribution in [2.75, 3.05) is 12.4 Å². The monoisotopic (exact) mass is 192 g/mol. The van der Waals surface area contributed by atoms with Crippen molar-refractivity contribution in [3.63, 3.8) is 0 Å². The minimum Gasteiger partial charge on any atom is -0.388 e. The molecule has 13 heavy (non-hydrogen) atoms. The SMILES string of the molecule is CNc1cc(Cl)c2ncccc2c1. The van der Waals surface area contributed by atoms with E-state index in [9.17, 15) is 0 Å². The van der Waals surface area contributed by atoms with Crippen LogP contribution in [0.25, 0.3) is 10.9 Å². The van der Waals surface area contributed by atoms with E-state index in [1.165, 1.54) is 0 Å². The summed E-state index contributed by atoms with van der Waals surface area (Å²) in [5.41, 5.74) is 1.86. The Bertz CT molecular complexity index is 440. The quantitative estimate of drug-likeness (QED) is 0.752. The van der Waals surface area contributed by atoms with Gasteiger partial charge in [0, 0.05) is 24.3 Å². The molecule has 0 fully saturated rings. The van der Waals surface area contributed by atoms with Crippen LogP contribution in [0.1, 0.15) is 0 Å². The zero-order valence-electron chi connectivity index (χ0n) is 7.21. The minimum atomic E-state index is 0.683. The van der Waals surface area contributed by atoms with Crippen LogP contribution in [0.4, 0.5) is 5.69 Å². The average Bonchev–Trinajstić information content (AvgIpc) is 2.18. The Kier molecular flexibility index (Phi) is 2.07. The largest absolute Gasteiger partial charge is 0.388 e. The van der Waals surface area contributed by atoms with Gasteiger partial charge in [0.25, 0.3) is 0 Å². The Balaban J connectivity index is 2.77. The van der Waals surface area contributed by atoms with E-state index in [1.54, 1.807) is 6.20 Å². The van der Waals surface area contributed by atoms with Gasteiger partial charge in [-0.2, -0.15) is 0 Å². The van der Waals surface area contributed by atoms with E-state index in [0.29, 0.717) is 5.02 Å². The summed E-state index contributed by atoms with van der Waals surface area (Å²) in [7, 11) is 1.87. The molecule has 1 aromatic carbocycles. The van der Waals surface area contributed by atoms with E-state index >= 15 is 0 Å². The molecule has 2 nitrogen and oxygen atoms in total. The highest BCUT2D eigenvalue weighted by molar-refractivity contribution is 6.35. The van der Waals surface area contributed by atoms with E-state index in [4.69, 9.17) is 11.6 Å². The van der Waals surface area contributed by atoms with Crippen molar-refractivity contribution in [1.29, 1.82) is 0 Å². The number of pyridine rings is 1. The van der Waals surface area contributed by atoms with Crippen LogP contribution in [-0.2, 0) is 0 Å². The van der Waals surface area contributed by atoms with Gasteiger partial charge in [-0.1, -0.05) is 17.7 Å². The van der Waals surface area contributed by atoms with Crippen LogP contribution in [0.5, 0.6) is 0 Å². The van der Waals surface area contributed by atoms with E-state index in [-0.39, 0.29) is 0 Å². The lowest BCUT2D eigenvalue weighted by Gasteiger charge is -2.03. The molecular formula is C10H9ClN2. The molecule has 0 radical (unpaired) electrons. The first-order valence-corrected chi connectivity index (χ1v) is 4.41. The van der Waals surface area contributed by atoms with Gasteiger partial charge in [0.2, 0.25) is 0 Å². The maximum atomic E-state index is 6.04. The molecule has 1 N–H and O–H groups in total. The molecule has 0 aliphatic heterocycles. The van der Waals surface area contributed by atoms with Crippen molar-refractivity contribution >= 4 is 28.2 Å². The van der Waals surface area contributed by atoms with E-state index in [2.05, 4.69) is 10.3 Å². The summed E-state index contributed by atoms with van der Waals surface area (Å²) >= 11 is 6.04. The topological polar surface area (TPSA) is 24.9 Å². The first-order valence-electron chi connectivity index (χ1n) is 4.03. The summed E-state index contributed by atoms with van der Waals surface area (Å²) in [6, 6.07) is 7.79. The van der Waals surface area contributed by atoms with Crippen LogP contribution >= 0.6 is 11.6 Å². The zero-order chi connectivity index (χ0) is 9.26. The molecule has 0 aliphatic rings. The highest BCUT2D eigenvalue weighted by Gasteiger charge is 2.00. The summed E-state index contributed by atoms with van der Waals surface area (Å²) < 4.78 is 0. The second-order valence-electron chi connectivity index (χ2n) is 2.78. The number of benzene rings is 1. The van der Waals surface area contributed by atoms with Crippen molar-refractivity contribution in [3.05, 3.63) is 35.5 Å². The molecule has 0 unspecified atom stereocenters. The van der Waals surface area contributed by atoms with Crippen molar-refractivity contribution < 1.29 is 0 Å². The molecule has 66 valence electrons. The van der Waals surface area contributed by atoms with E-state index in [0.717, 1.165) is 16.6 Å². The van der Waals surface area contributed by atoms with Gasteiger partial charge in [0.05, 0.1) is 10.5 Å². The number of anilines is 1. The fraction of sp³-hybridized carbons (Fsp3) is 0.100. The Morgan fingerprint density at radius 3 is 3.00 bits per heavy atom. The lowest BCUT2D eigenvalue weighted by molar-refractivity contribution is 1.41. The number of aromatic nitrogens is 1. The fourth-order valence-corrected chi connectivity index (χ4v) is 1.57. The smallest absolute Gasteiger partial charge is 0.0889 e. The first kappa shape index (κ1) is 8.32. The third kappa shape index (κ3) is 1.45. The summed E-state index contributed by atoms with van der Waals surface area (Å²) in [5.74, 6) is 0. The maximum Gasteiger partial charge on any atom is 0.0889 e. The van der Waals surface area contributed by atoms with Crippen molar-refractivity contribution in [2.24, 2.45) is 0 Å². The fourth-order valence-electron chi connectivity index (χ4n) is 1.29. The van der Waals surface area contributed by atoms with Gasteiger partial charge >= 0.3 is 0 Å². The first-order chi connectivity index (χ1) is 6.31. The summed E-state index contributed by atoms with van der Waals surface area (Å²) in [6.45, 7) is 0. The van der Waals surface area contributed by atoms with Crippen LogP contribution in [0.2, 0.25) is 5.02 Å². The van der Waals surface area contributed by atoms with Crippen molar-refractivity contribution in [2.45, 2.75) is 0 Å². The third-order valence-corrected chi connectivity index (χ3v) is 2.24. The number of fused-ring (bicyclic) bond motifs is 1. The van der Waals surface area contributed by atoms with Crippen LogP contribution in [0.3, 0.4) is 0 Å². The van der Waals surface area contributed by atoms with Gasteiger partial charge in [0.15, 0.2) is 0 Å². The predicted molar refractivity (Wildman–Crippen MR) is 56.3 cm³/mol. The van der Waals surface area contributed by atoms with Gasteiger partial charge < -0.3 is 5.32 Å². The molecule has 0 saturated carbocycles. The average molecular weight is 193 g/mol. The highest BCUT2D eigenvalue weighted by atomic mass is 35.5. The van der Waals surface area contributed by atoms with Crippen LogP contribution in [0, 0.1) is 0 Å². The summed E-state index contributed by atoms with van der Waals surface area (Å²) in [6.07, 6.45) is 1.74. The molecule has 2 rings (SSSR count). The molecule has 0 aliphatic carbocycles. The molecule has 1 heterocycles. The van der Waals surface area contributed by atoms with Crippen LogP contribution < -0.4 is 5.32 Å². The number of hydrogen-bond acceptors (Lipinski definition) is 2. The summed E-state index contributed by atoms with van der Waals surface area (Å²) in [4.78, 5) is 4.20. The summed E-state index contributed by atoms with van der Waals surface area (Å²) in [5, 5.41) is 4.79. The molecule has 0 spiro atoms. The van der Waals surface area contributed by atoms with Gasteiger partial charge in [-0.25, -0.2) is 0 Å². The molecule has 0 amide bonds. The number of nitrogens with zero attached hydrogens (tertiary/aromatic N) is 1. The van der Waals surface area contributed by atoms with Crippen molar-refractivity contribution in [3.8, 4) is 0 Å². The van der Waals surface area contributed by atoms with E-state index in [1.807, 2.05) is 31.3 Å². The number of halogens is 1. The van der Waals surface area contributed by atoms with Gasteiger partial charge in [-0.15, -0.1) is 0 Å². The molecule has 0 bridgehead atoms. The maximum absolute atomic E-state index is 6.04. The Labute approximate surface area is 81.6 Å². The Hall–Kier alpha value is -1.28. The van der Waals surface area contributed by atoms with Crippen LogP contribution in [-0.4, -0.2) is 12.0 Å². The second kappa shape index (κ2) is 3.23. The number of rotatable bonds is 1.